The average Bonchev–Trinajstić information content (AvgIpc) is 3.27. The van der Waals surface area contributed by atoms with Crippen molar-refractivity contribution in [2.75, 3.05) is 23.7 Å². The van der Waals surface area contributed by atoms with Crippen LogP contribution in [0.3, 0.4) is 0 Å². The molecule has 3 amide bonds. The summed E-state index contributed by atoms with van der Waals surface area (Å²) < 4.78 is 1.85. The minimum Gasteiger partial charge on any atom is -0.343 e. The highest BCUT2D eigenvalue weighted by atomic mass is 16.2. The maximum Gasteiger partial charge on any atom is 0.324 e. The fraction of sp³-hybridized carbons (Fsp3) is 0.333. The highest BCUT2D eigenvalue weighted by Gasteiger charge is 2.25. The Labute approximate surface area is 187 Å². The van der Waals surface area contributed by atoms with Gasteiger partial charge in [-0.15, -0.1) is 0 Å². The number of carbonyl (C=O) groups is 2. The number of piperidine rings is 1. The lowest BCUT2D eigenvalue weighted by molar-refractivity contribution is -0.132. The second-order valence-electron chi connectivity index (χ2n) is 7.99. The molecule has 0 aliphatic carbocycles. The predicted molar refractivity (Wildman–Crippen MR) is 123 cm³/mol. The average molecular weight is 433 g/mol. The van der Waals surface area contributed by atoms with Crippen molar-refractivity contribution in [3.63, 3.8) is 0 Å². The highest BCUT2D eigenvalue weighted by molar-refractivity contribution is 5.99. The fourth-order valence-electron chi connectivity index (χ4n) is 3.99. The Morgan fingerprint density at radius 1 is 1.00 bits per heavy atom. The first-order valence-electron chi connectivity index (χ1n) is 10.9. The van der Waals surface area contributed by atoms with Gasteiger partial charge in [0, 0.05) is 43.2 Å². The van der Waals surface area contributed by atoms with Crippen molar-refractivity contribution in [1.82, 2.24) is 19.7 Å². The second kappa shape index (κ2) is 10.1. The molecule has 1 aliphatic rings. The summed E-state index contributed by atoms with van der Waals surface area (Å²) in [5.74, 6) is 0.807. The normalized spacial score (nSPS) is 14.2. The molecule has 1 aliphatic heterocycles. The number of benzene rings is 1. The number of aryl methyl sites for hydroxylation is 2. The number of pyridine rings is 1. The Morgan fingerprint density at radius 3 is 2.53 bits per heavy atom. The number of amides is 3. The number of carbonyl (C=O) groups excluding carboxylic acids is 2. The van der Waals surface area contributed by atoms with Gasteiger partial charge in [-0.3, -0.25) is 15.1 Å². The van der Waals surface area contributed by atoms with E-state index < -0.39 is 0 Å². The van der Waals surface area contributed by atoms with Crippen molar-refractivity contribution in [2.24, 2.45) is 0 Å². The summed E-state index contributed by atoms with van der Waals surface area (Å²) in [6.45, 7) is 3.31. The van der Waals surface area contributed by atoms with Crippen LogP contribution in [0.1, 0.15) is 36.6 Å². The molecule has 8 heteroatoms. The molecule has 1 saturated heterocycles. The summed E-state index contributed by atoms with van der Waals surface area (Å²) in [5.41, 5.74) is 2.71. The van der Waals surface area contributed by atoms with Crippen LogP contribution in [0.2, 0.25) is 0 Å². The summed E-state index contributed by atoms with van der Waals surface area (Å²) in [5, 5.41) is 10.2. The molecule has 0 spiro atoms. The molecule has 8 nitrogen and oxygen atoms in total. The van der Waals surface area contributed by atoms with Crippen molar-refractivity contribution < 1.29 is 9.59 Å². The van der Waals surface area contributed by atoms with Gasteiger partial charge in [0.25, 0.3) is 0 Å². The van der Waals surface area contributed by atoms with Crippen LogP contribution in [0.4, 0.5) is 16.3 Å². The number of urea groups is 1. The van der Waals surface area contributed by atoms with Gasteiger partial charge in [-0.1, -0.05) is 24.3 Å². The van der Waals surface area contributed by atoms with Crippen molar-refractivity contribution in [3.8, 4) is 0 Å². The molecule has 166 valence electrons. The Morgan fingerprint density at radius 2 is 1.78 bits per heavy atom. The van der Waals surface area contributed by atoms with Gasteiger partial charge in [0.2, 0.25) is 5.91 Å². The molecule has 0 atom stereocenters. The third-order valence-corrected chi connectivity index (χ3v) is 5.79. The smallest absolute Gasteiger partial charge is 0.324 e. The minimum atomic E-state index is -0.303. The predicted octanol–water partition coefficient (Wildman–Crippen LogP) is 4.03. The van der Waals surface area contributed by atoms with E-state index in [1.54, 1.807) is 18.5 Å². The lowest BCUT2D eigenvalue weighted by Gasteiger charge is -2.32. The molecular formula is C24H28N6O2. The largest absolute Gasteiger partial charge is 0.343 e. The zero-order valence-corrected chi connectivity index (χ0v) is 18.2. The number of hydrogen-bond acceptors (Lipinski definition) is 4. The van der Waals surface area contributed by atoms with Crippen LogP contribution in [0.5, 0.6) is 0 Å². The Kier molecular flexibility index (Phi) is 6.79. The topological polar surface area (TPSA) is 92.2 Å². The van der Waals surface area contributed by atoms with E-state index in [0.717, 1.165) is 29.8 Å². The van der Waals surface area contributed by atoms with Crippen molar-refractivity contribution >= 4 is 23.4 Å². The van der Waals surface area contributed by atoms with Crippen LogP contribution in [0.25, 0.3) is 0 Å². The summed E-state index contributed by atoms with van der Waals surface area (Å²) >= 11 is 0. The number of anilines is 2. The highest BCUT2D eigenvalue weighted by Crippen LogP contribution is 2.26. The van der Waals surface area contributed by atoms with Gasteiger partial charge < -0.3 is 10.2 Å². The molecule has 3 heterocycles. The molecule has 3 aromatic rings. The number of rotatable bonds is 6. The lowest BCUT2D eigenvalue weighted by Crippen LogP contribution is -2.39. The molecule has 0 radical (unpaired) electrons. The van der Waals surface area contributed by atoms with Crippen molar-refractivity contribution in [3.05, 3.63) is 72.2 Å². The molecule has 4 rings (SSSR count). The summed E-state index contributed by atoms with van der Waals surface area (Å²) in [6.07, 6.45) is 6.16. The van der Waals surface area contributed by atoms with Crippen molar-refractivity contribution in [1.29, 1.82) is 0 Å². The summed E-state index contributed by atoms with van der Waals surface area (Å²) in [7, 11) is 0. The standard InChI is InChI=1S/C24H28N6O2/c1-18-6-2-3-8-21(18)27-24(32)28-22-11-15-26-30(22)20-12-16-29(17-13-20)23(31)10-9-19-7-4-5-14-25-19/h2-8,11,14-15,20H,9-10,12-13,16-17H2,1H3,(H2,27,28,32). The maximum absolute atomic E-state index is 12.6. The van der Waals surface area contributed by atoms with Gasteiger partial charge >= 0.3 is 6.03 Å². The van der Waals surface area contributed by atoms with E-state index >= 15 is 0 Å². The lowest BCUT2D eigenvalue weighted by atomic mass is 10.0. The third-order valence-electron chi connectivity index (χ3n) is 5.79. The number of likely N-dealkylation sites (tertiary alicyclic amines) is 1. The molecule has 0 bridgehead atoms. The van der Waals surface area contributed by atoms with E-state index in [9.17, 15) is 9.59 Å². The molecule has 1 aromatic carbocycles. The number of hydrogen-bond donors (Lipinski definition) is 2. The zero-order valence-electron chi connectivity index (χ0n) is 18.2. The van der Waals surface area contributed by atoms with E-state index in [2.05, 4.69) is 20.7 Å². The number of para-hydroxylation sites is 1. The van der Waals surface area contributed by atoms with Gasteiger partial charge in [0.05, 0.1) is 12.2 Å². The molecule has 0 unspecified atom stereocenters. The van der Waals surface area contributed by atoms with Crippen LogP contribution in [-0.2, 0) is 11.2 Å². The van der Waals surface area contributed by atoms with Gasteiger partial charge in [-0.25, -0.2) is 9.48 Å². The van der Waals surface area contributed by atoms with Crippen LogP contribution >= 0.6 is 0 Å². The van der Waals surface area contributed by atoms with Crippen LogP contribution in [0, 0.1) is 6.92 Å². The molecule has 1 fully saturated rings. The fourth-order valence-corrected chi connectivity index (χ4v) is 3.99. The number of nitrogens with zero attached hydrogens (tertiary/aromatic N) is 4. The quantitative estimate of drug-likeness (QED) is 0.615. The minimum absolute atomic E-state index is 0.138. The third kappa shape index (κ3) is 5.32. The molecule has 2 aromatic heterocycles. The monoisotopic (exact) mass is 432 g/mol. The first-order valence-corrected chi connectivity index (χ1v) is 10.9. The zero-order chi connectivity index (χ0) is 22.3. The maximum atomic E-state index is 12.6. The molecule has 0 saturated carbocycles. The number of aromatic nitrogens is 3. The van der Waals surface area contributed by atoms with Gasteiger partial charge in [0.1, 0.15) is 5.82 Å². The summed E-state index contributed by atoms with van der Waals surface area (Å²) in [6, 6.07) is 15.0. The van der Waals surface area contributed by atoms with Gasteiger partial charge in [-0.05, 0) is 49.9 Å². The van der Waals surface area contributed by atoms with Crippen LogP contribution < -0.4 is 10.6 Å². The van der Waals surface area contributed by atoms with Crippen LogP contribution in [-0.4, -0.2) is 44.7 Å². The van der Waals surface area contributed by atoms with E-state index in [1.807, 2.05) is 59.0 Å². The Hall–Kier alpha value is -3.68. The molecule has 2 N–H and O–H groups in total. The van der Waals surface area contributed by atoms with E-state index in [4.69, 9.17) is 0 Å². The first kappa shape index (κ1) is 21.5. The summed E-state index contributed by atoms with van der Waals surface area (Å²) in [4.78, 5) is 31.3. The van der Waals surface area contributed by atoms with E-state index in [1.165, 1.54) is 0 Å². The second-order valence-corrected chi connectivity index (χ2v) is 7.99. The first-order chi connectivity index (χ1) is 15.6. The Balaban J connectivity index is 1.29. The number of nitrogens with one attached hydrogen (secondary N) is 2. The van der Waals surface area contributed by atoms with E-state index in [-0.39, 0.29) is 18.0 Å². The van der Waals surface area contributed by atoms with E-state index in [0.29, 0.717) is 31.7 Å². The molecule has 32 heavy (non-hydrogen) atoms. The van der Waals surface area contributed by atoms with Crippen LogP contribution in [0.15, 0.2) is 60.9 Å². The van der Waals surface area contributed by atoms with Crippen molar-refractivity contribution in [2.45, 2.75) is 38.6 Å². The molecular weight excluding hydrogens is 404 g/mol. The SMILES string of the molecule is Cc1ccccc1NC(=O)Nc1ccnn1C1CCN(C(=O)CCc2ccccn2)CC1. The van der Waals surface area contributed by atoms with Gasteiger partial charge in [0.15, 0.2) is 0 Å². The Bertz CT molecular complexity index is 1060. The van der Waals surface area contributed by atoms with Gasteiger partial charge in [-0.2, -0.15) is 5.10 Å².